The van der Waals surface area contributed by atoms with E-state index in [4.69, 9.17) is 27.9 Å². The predicted molar refractivity (Wildman–Crippen MR) is 141 cm³/mol. The zero-order valence-electron chi connectivity index (χ0n) is 19.5. The highest BCUT2D eigenvalue weighted by Gasteiger charge is 2.23. The van der Waals surface area contributed by atoms with E-state index in [1.165, 1.54) is 0 Å². The Hall–Kier alpha value is -2.15. The van der Waals surface area contributed by atoms with Gasteiger partial charge >= 0.3 is 5.97 Å². The average Bonchev–Trinajstić information content (AvgIpc) is 2.74. The highest BCUT2D eigenvalue weighted by atomic mass is 79.9. The maximum Gasteiger partial charge on any atom is 0.306 e. The molecule has 0 aliphatic heterocycles. The van der Waals surface area contributed by atoms with E-state index in [1.807, 2.05) is 57.2 Å². The molecule has 0 saturated carbocycles. The molecule has 180 valence electrons. The molecular formula is C26H27BrCl2N2O3. The number of benzene rings is 2. The second-order valence-corrected chi connectivity index (χ2v) is 10.8. The van der Waals surface area contributed by atoms with Crippen LogP contribution in [0.5, 0.6) is 0 Å². The van der Waals surface area contributed by atoms with Gasteiger partial charge in [0.2, 0.25) is 0 Å². The summed E-state index contributed by atoms with van der Waals surface area (Å²) in [5, 5.41) is 4.60. The first-order valence-corrected chi connectivity index (χ1v) is 12.5. The Kier molecular flexibility index (Phi) is 8.61. The van der Waals surface area contributed by atoms with Crippen molar-refractivity contribution >= 4 is 61.9 Å². The predicted octanol–water partition coefficient (Wildman–Crippen LogP) is 7.25. The minimum Gasteiger partial charge on any atom is -0.460 e. The largest absolute Gasteiger partial charge is 0.460 e. The fraction of sp³-hybridized carbons (Fsp3) is 0.346. The first-order chi connectivity index (χ1) is 16.0. The van der Waals surface area contributed by atoms with Gasteiger partial charge in [-0.15, -0.1) is 0 Å². The first kappa shape index (κ1) is 26.5. The van der Waals surface area contributed by atoms with Crippen molar-refractivity contribution in [1.82, 2.24) is 10.3 Å². The van der Waals surface area contributed by atoms with E-state index in [9.17, 15) is 9.59 Å². The van der Waals surface area contributed by atoms with E-state index in [0.29, 0.717) is 40.0 Å². The van der Waals surface area contributed by atoms with E-state index >= 15 is 0 Å². The number of rotatable bonds is 7. The molecule has 1 unspecified atom stereocenters. The van der Waals surface area contributed by atoms with E-state index in [0.717, 1.165) is 10.0 Å². The lowest BCUT2D eigenvalue weighted by molar-refractivity contribution is -0.155. The molecule has 3 aromatic rings. The van der Waals surface area contributed by atoms with Gasteiger partial charge in [0.15, 0.2) is 0 Å². The smallest absolute Gasteiger partial charge is 0.306 e. The quantitative estimate of drug-likeness (QED) is 0.242. The van der Waals surface area contributed by atoms with Crippen LogP contribution in [-0.4, -0.2) is 29.0 Å². The monoisotopic (exact) mass is 564 g/mol. The SMILES string of the molecule is Cc1c(Cl)nc2ccc(Br)cc2c1C(=O)NCC(CCC(=O)OC(C)(C)C)c1ccccc1Cl. The molecule has 0 fully saturated rings. The van der Waals surface area contributed by atoms with Crippen LogP contribution in [-0.2, 0) is 9.53 Å². The Morgan fingerprint density at radius 3 is 2.53 bits per heavy atom. The zero-order valence-corrected chi connectivity index (χ0v) is 22.6. The topological polar surface area (TPSA) is 68.3 Å². The molecule has 1 aromatic heterocycles. The maximum atomic E-state index is 13.4. The normalized spacial score (nSPS) is 12.4. The third kappa shape index (κ3) is 6.71. The summed E-state index contributed by atoms with van der Waals surface area (Å²) >= 11 is 16.2. The van der Waals surface area contributed by atoms with Gasteiger partial charge in [0.1, 0.15) is 10.8 Å². The van der Waals surface area contributed by atoms with Gasteiger partial charge in [-0.25, -0.2) is 4.98 Å². The molecular weight excluding hydrogens is 539 g/mol. The van der Waals surface area contributed by atoms with Crippen LogP contribution in [0, 0.1) is 6.92 Å². The minimum absolute atomic E-state index is 0.180. The number of hydrogen-bond acceptors (Lipinski definition) is 4. The van der Waals surface area contributed by atoms with Crippen molar-refractivity contribution in [1.29, 1.82) is 0 Å². The van der Waals surface area contributed by atoms with Gasteiger partial charge < -0.3 is 10.1 Å². The Morgan fingerprint density at radius 2 is 1.85 bits per heavy atom. The number of nitrogens with one attached hydrogen (secondary N) is 1. The molecule has 1 N–H and O–H groups in total. The molecule has 3 rings (SSSR count). The summed E-state index contributed by atoms with van der Waals surface area (Å²) in [6, 6.07) is 13.0. The van der Waals surface area contributed by atoms with Crippen LogP contribution in [0.4, 0.5) is 0 Å². The number of fused-ring (bicyclic) bond motifs is 1. The summed E-state index contributed by atoms with van der Waals surface area (Å²) in [5.74, 6) is -0.733. The lowest BCUT2D eigenvalue weighted by Crippen LogP contribution is -2.30. The number of ether oxygens (including phenoxy) is 1. The van der Waals surface area contributed by atoms with Crippen molar-refractivity contribution < 1.29 is 14.3 Å². The third-order valence-electron chi connectivity index (χ3n) is 5.33. The third-order valence-corrected chi connectivity index (χ3v) is 6.53. The van der Waals surface area contributed by atoms with Crippen LogP contribution < -0.4 is 5.32 Å². The molecule has 0 aliphatic rings. The number of amides is 1. The standard InChI is InChI=1S/C26H27BrCl2N2O3/c1-15-23(19-13-17(27)10-11-21(19)31-24(15)29)25(33)30-14-16(18-7-5-6-8-20(18)28)9-12-22(32)34-26(2,3)4/h5-8,10-11,13,16H,9,12,14H2,1-4H3,(H,30,33). The van der Waals surface area contributed by atoms with Crippen molar-refractivity contribution in [3.63, 3.8) is 0 Å². The fourth-order valence-electron chi connectivity index (χ4n) is 3.76. The molecule has 5 nitrogen and oxygen atoms in total. The van der Waals surface area contributed by atoms with Crippen molar-refractivity contribution in [3.8, 4) is 0 Å². The van der Waals surface area contributed by atoms with Crippen LogP contribution in [0.1, 0.15) is 61.0 Å². The summed E-state index contributed by atoms with van der Waals surface area (Å²) < 4.78 is 6.29. The molecule has 0 bridgehead atoms. The number of halogens is 3. The van der Waals surface area contributed by atoms with Crippen LogP contribution in [0.3, 0.4) is 0 Å². The van der Waals surface area contributed by atoms with Crippen molar-refractivity contribution in [2.75, 3.05) is 6.54 Å². The fourth-order valence-corrected chi connectivity index (χ4v) is 4.59. The van der Waals surface area contributed by atoms with E-state index in [-0.39, 0.29) is 29.4 Å². The van der Waals surface area contributed by atoms with Gasteiger partial charge in [-0.2, -0.15) is 0 Å². The van der Waals surface area contributed by atoms with Gasteiger partial charge in [-0.05, 0) is 69.5 Å². The number of hydrogen-bond donors (Lipinski definition) is 1. The van der Waals surface area contributed by atoms with Gasteiger partial charge in [0.05, 0.1) is 11.1 Å². The van der Waals surface area contributed by atoms with Gasteiger partial charge in [0, 0.05) is 33.8 Å². The number of pyridine rings is 1. The first-order valence-electron chi connectivity index (χ1n) is 11.0. The zero-order chi connectivity index (χ0) is 25.0. The van der Waals surface area contributed by atoms with Crippen LogP contribution in [0.2, 0.25) is 10.2 Å². The summed E-state index contributed by atoms with van der Waals surface area (Å²) in [7, 11) is 0. The number of carbonyl (C=O) groups excluding carboxylic acids is 2. The lowest BCUT2D eigenvalue weighted by Gasteiger charge is -2.22. The molecule has 1 amide bonds. The minimum atomic E-state index is -0.557. The van der Waals surface area contributed by atoms with Gasteiger partial charge in [-0.3, -0.25) is 9.59 Å². The average molecular weight is 566 g/mol. The summed E-state index contributed by atoms with van der Waals surface area (Å²) in [5.41, 5.74) is 2.02. The lowest BCUT2D eigenvalue weighted by atomic mass is 9.93. The summed E-state index contributed by atoms with van der Waals surface area (Å²) in [6.07, 6.45) is 0.681. The van der Waals surface area contributed by atoms with E-state index in [2.05, 4.69) is 26.2 Å². The van der Waals surface area contributed by atoms with Crippen LogP contribution >= 0.6 is 39.1 Å². The molecule has 8 heteroatoms. The van der Waals surface area contributed by atoms with Gasteiger partial charge in [0.25, 0.3) is 5.91 Å². The second-order valence-electron chi connectivity index (χ2n) is 9.12. The Balaban J connectivity index is 1.85. The Labute approximate surface area is 218 Å². The molecule has 1 atom stereocenters. The Morgan fingerprint density at radius 1 is 1.15 bits per heavy atom. The summed E-state index contributed by atoms with van der Waals surface area (Å²) in [6.45, 7) is 7.57. The molecule has 1 heterocycles. The number of aromatic nitrogens is 1. The number of esters is 1. The highest BCUT2D eigenvalue weighted by molar-refractivity contribution is 9.10. The Bertz CT molecular complexity index is 1220. The van der Waals surface area contributed by atoms with Crippen molar-refractivity contribution in [3.05, 3.63) is 73.8 Å². The molecule has 0 saturated heterocycles. The van der Waals surface area contributed by atoms with Crippen LogP contribution in [0.25, 0.3) is 10.9 Å². The summed E-state index contributed by atoms with van der Waals surface area (Å²) in [4.78, 5) is 30.1. The molecule has 2 aromatic carbocycles. The van der Waals surface area contributed by atoms with Gasteiger partial charge in [-0.1, -0.05) is 57.3 Å². The van der Waals surface area contributed by atoms with Crippen LogP contribution in [0.15, 0.2) is 46.9 Å². The van der Waals surface area contributed by atoms with Crippen molar-refractivity contribution in [2.24, 2.45) is 0 Å². The van der Waals surface area contributed by atoms with E-state index < -0.39 is 5.60 Å². The second kappa shape index (κ2) is 11.1. The molecule has 0 spiro atoms. The number of nitrogens with zero attached hydrogens (tertiary/aromatic N) is 1. The molecule has 34 heavy (non-hydrogen) atoms. The molecule has 0 aliphatic carbocycles. The number of carbonyl (C=O) groups is 2. The highest BCUT2D eigenvalue weighted by Crippen LogP contribution is 2.30. The molecule has 0 radical (unpaired) electrons. The van der Waals surface area contributed by atoms with Crippen molar-refractivity contribution in [2.45, 2.75) is 52.1 Å². The van der Waals surface area contributed by atoms with E-state index in [1.54, 1.807) is 13.0 Å². The maximum absolute atomic E-state index is 13.4.